The van der Waals surface area contributed by atoms with Gasteiger partial charge in [0.2, 0.25) is 0 Å². The molecule has 3 nitrogen and oxygen atoms in total. The molecule has 0 N–H and O–H groups in total. The molecule has 0 atom stereocenters. The zero-order chi connectivity index (χ0) is 13.8. The highest BCUT2D eigenvalue weighted by Crippen LogP contribution is 2.35. The van der Waals surface area contributed by atoms with E-state index in [4.69, 9.17) is 16.9 Å². The molecule has 19 heavy (non-hydrogen) atoms. The van der Waals surface area contributed by atoms with E-state index in [1.54, 1.807) is 30.3 Å². The van der Waals surface area contributed by atoms with E-state index in [0.717, 1.165) is 15.4 Å². The first-order chi connectivity index (χ1) is 9.13. The maximum absolute atomic E-state index is 10.5. The lowest BCUT2D eigenvalue weighted by molar-refractivity contribution is 1.27. The number of benzene rings is 2. The van der Waals surface area contributed by atoms with Crippen LogP contribution in [0, 0.1) is 23.2 Å². The van der Waals surface area contributed by atoms with Crippen LogP contribution < -0.4 is 0 Å². The van der Waals surface area contributed by atoms with Crippen LogP contribution in [0.2, 0.25) is 5.02 Å². The summed E-state index contributed by atoms with van der Waals surface area (Å²) in [5.41, 5.74) is 1.81. The Morgan fingerprint density at radius 3 is 2.79 bits per heavy atom. The van der Waals surface area contributed by atoms with E-state index in [9.17, 15) is 4.91 Å². The van der Waals surface area contributed by atoms with Crippen LogP contribution in [0.4, 0.5) is 5.69 Å². The van der Waals surface area contributed by atoms with E-state index in [0.29, 0.717) is 16.3 Å². The minimum atomic E-state index is 0.380. The largest absolute Gasteiger partial charge is 0.192 e. The van der Waals surface area contributed by atoms with Gasteiger partial charge in [0, 0.05) is 14.8 Å². The molecule has 0 aliphatic heterocycles. The third-order valence-electron chi connectivity index (χ3n) is 2.58. The van der Waals surface area contributed by atoms with E-state index >= 15 is 0 Å². The van der Waals surface area contributed by atoms with Crippen molar-refractivity contribution in [2.45, 2.75) is 16.7 Å². The van der Waals surface area contributed by atoms with E-state index in [-0.39, 0.29) is 0 Å². The van der Waals surface area contributed by atoms with Crippen molar-refractivity contribution >= 4 is 29.1 Å². The van der Waals surface area contributed by atoms with Crippen LogP contribution >= 0.6 is 23.4 Å². The molecule has 0 saturated heterocycles. The predicted octanol–water partition coefficient (Wildman–Crippen LogP) is 5.07. The quantitative estimate of drug-likeness (QED) is 0.741. The Bertz CT molecular complexity index is 680. The van der Waals surface area contributed by atoms with Crippen molar-refractivity contribution in [3.8, 4) is 6.07 Å². The lowest BCUT2D eigenvalue weighted by atomic mass is 10.2. The summed E-state index contributed by atoms with van der Waals surface area (Å²) < 4.78 is 0. The van der Waals surface area contributed by atoms with Crippen LogP contribution in [0.1, 0.15) is 11.1 Å². The normalized spacial score (nSPS) is 9.95. The predicted molar refractivity (Wildman–Crippen MR) is 76.9 cm³/mol. The van der Waals surface area contributed by atoms with Crippen LogP contribution in [-0.2, 0) is 0 Å². The van der Waals surface area contributed by atoms with Gasteiger partial charge in [-0.3, -0.25) is 0 Å². The molecule has 94 valence electrons. The van der Waals surface area contributed by atoms with Crippen LogP contribution in [0.5, 0.6) is 0 Å². The first kappa shape index (κ1) is 13.6. The molecule has 0 bridgehead atoms. The van der Waals surface area contributed by atoms with Crippen molar-refractivity contribution in [3.63, 3.8) is 0 Å². The maximum Gasteiger partial charge on any atom is 0.109 e. The smallest absolute Gasteiger partial charge is 0.109 e. The second-order valence-electron chi connectivity index (χ2n) is 3.88. The second-order valence-corrected chi connectivity index (χ2v) is 5.41. The molecule has 2 rings (SSSR count). The fraction of sp³-hybridized carbons (Fsp3) is 0.0714. The third kappa shape index (κ3) is 3.14. The number of halogens is 1. The van der Waals surface area contributed by atoms with Crippen molar-refractivity contribution in [1.82, 2.24) is 0 Å². The molecule has 2 aromatic rings. The van der Waals surface area contributed by atoms with E-state index in [1.807, 2.05) is 13.0 Å². The highest BCUT2D eigenvalue weighted by atomic mass is 35.5. The van der Waals surface area contributed by atoms with Crippen LogP contribution in [0.25, 0.3) is 0 Å². The van der Waals surface area contributed by atoms with Gasteiger partial charge in [0.1, 0.15) is 5.69 Å². The molecule has 0 fully saturated rings. The van der Waals surface area contributed by atoms with Gasteiger partial charge in [-0.2, -0.15) is 5.26 Å². The van der Waals surface area contributed by atoms with Crippen LogP contribution in [0.3, 0.4) is 0 Å². The average Bonchev–Trinajstić information content (AvgIpc) is 2.43. The molecule has 0 spiro atoms. The minimum Gasteiger partial charge on any atom is -0.192 e. The van der Waals surface area contributed by atoms with Gasteiger partial charge in [0.15, 0.2) is 0 Å². The summed E-state index contributed by atoms with van der Waals surface area (Å²) in [6.07, 6.45) is 0. The van der Waals surface area contributed by atoms with Crippen molar-refractivity contribution in [2.75, 3.05) is 0 Å². The summed E-state index contributed by atoms with van der Waals surface area (Å²) in [5.74, 6) is 0. The molecular formula is C14H9ClN2OS. The highest BCUT2D eigenvalue weighted by molar-refractivity contribution is 7.99. The van der Waals surface area contributed by atoms with E-state index in [2.05, 4.69) is 11.2 Å². The molecule has 0 unspecified atom stereocenters. The standard InChI is InChI=1S/C14H9ClN2OS/c1-9-13(15)5-10(8-16)6-14(9)19-12-4-2-3-11(7-12)17-18/h2-7H,1H3. The first-order valence-electron chi connectivity index (χ1n) is 5.45. The molecule has 0 saturated carbocycles. The topological polar surface area (TPSA) is 53.2 Å². The zero-order valence-corrected chi connectivity index (χ0v) is 11.6. The van der Waals surface area contributed by atoms with Crippen LogP contribution in [0.15, 0.2) is 51.4 Å². The number of nitriles is 1. The van der Waals surface area contributed by atoms with Crippen molar-refractivity contribution in [3.05, 3.63) is 57.5 Å². The number of hydrogen-bond acceptors (Lipinski definition) is 4. The molecule has 0 heterocycles. The first-order valence-corrected chi connectivity index (χ1v) is 6.65. The Balaban J connectivity index is 2.40. The summed E-state index contributed by atoms with van der Waals surface area (Å²) >= 11 is 7.54. The highest BCUT2D eigenvalue weighted by Gasteiger charge is 2.08. The fourth-order valence-corrected chi connectivity index (χ4v) is 2.86. The Hall–Kier alpha value is -1.83. The van der Waals surface area contributed by atoms with Crippen molar-refractivity contribution in [1.29, 1.82) is 5.26 Å². The lowest BCUT2D eigenvalue weighted by Crippen LogP contribution is -1.85. The Morgan fingerprint density at radius 1 is 1.32 bits per heavy atom. The molecule has 5 heteroatoms. The fourth-order valence-electron chi connectivity index (χ4n) is 1.55. The number of nitrogens with zero attached hydrogens (tertiary/aromatic N) is 2. The zero-order valence-electron chi connectivity index (χ0n) is 10.1. The Labute approximate surface area is 120 Å². The molecule has 0 radical (unpaired) electrons. The summed E-state index contributed by atoms with van der Waals surface area (Å²) in [7, 11) is 0. The van der Waals surface area contributed by atoms with Crippen molar-refractivity contribution in [2.24, 2.45) is 5.18 Å². The SMILES string of the molecule is Cc1c(Cl)cc(C#N)cc1Sc1cccc(N=O)c1. The van der Waals surface area contributed by atoms with Gasteiger partial charge < -0.3 is 0 Å². The van der Waals surface area contributed by atoms with E-state index in [1.165, 1.54) is 11.8 Å². The average molecular weight is 289 g/mol. The molecular weight excluding hydrogens is 280 g/mol. The molecule has 0 amide bonds. The summed E-state index contributed by atoms with van der Waals surface area (Å²) in [6.45, 7) is 1.90. The minimum absolute atomic E-state index is 0.380. The summed E-state index contributed by atoms with van der Waals surface area (Å²) in [4.78, 5) is 12.3. The molecule has 0 aliphatic carbocycles. The van der Waals surface area contributed by atoms with Crippen molar-refractivity contribution < 1.29 is 0 Å². The molecule has 0 aliphatic rings. The van der Waals surface area contributed by atoms with E-state index < -0.39 is 0 Å². The number of rotatable bonds is 3. The Kier molecular flexibility index (Phi) is 4.20. The molecule has 0 aromatic heterocycles. The van der Waals surface area contributed by atoms with Gasteiger partial charge in [-0.15, -0.1) is 4.91 Å². The van der Waals surface area contributed by atoms with Gasteiger partial charge in [0.05, 0.1) is 11.6 Å². The van der Waals surface area contributed by atoms with Gasteiger partial charge in [0.25, 0.3) is 0 Å². The van der Waals surface area contributed by atoms with Gasteiger partial charge >= 0.3 is 0 Å². The van der Waals surface area contributed by atoms with Gasteiger partial charge in [-0.1, -0.05) is 29.4 Å². The van der Waals surface area contributed by atoms with Gasteiger partial charge in [-0.05, 0) is 48.0 Å². The maximum atomic E-state index is 10.5. The second kappa shape index (κ2) is 5.87. The number of nitroso groups, excluding NO2 is 1. The number of hydrogen-bond donors (Lipinski definition) is 0. The van der Waals surface area contributed by atoms with Crippen LogP contribution in [-0.4, -0.2) is 0 Å². The Morgan fingerprint density at radius 2 is 2.11 bits per heavy atom. The monoisotopic (exact) mass is 288 g/mol. The third-order valence-corrected chi connectivity index (χ3v) is 4.10. The molecule has 2 aromatic carbocycles. The summed E-state index contributed by atoms with van der Waals surface area (Å²) in [6, 6.07) is 12.5. The van der Waals surface area contributed by atoms with Gasteiger partial charge in [-0.25, -0.2) is 0 Å². The summed E-state index contributed by atoms with van der Waals surface area (Å²) in [5, 5.41) is 12.4. The lowest BCUT2D eigenvalue weighted by Gasteiger charge is -2.08.